The largest absolute Gasteiger partial charge is 0.307 e. The summed E-state index contributed by atoms with van der Waals surface area (Å²) in [5.74, 6) is 6.02. The molecule has 0 aliphatic heterocycles. The second-order valence-corrected chi connectivity index (χ2v) is 6.26. The van der Waals surface area contributed by atoms with E-state index >= 15 is 0 Å². The van der Waals surface area contributed by atoms with Crippen molar-refractivity contribution in [2.24, 2.45) is 5.84 Å². The molecular weight excluding hydrogens is 222 g/mol. The molecule has 0 aromatic carbocycles. The molecule has 0 unspecified atom stereocenters. The molecule has 2 aromatic rings. The molecule has 0 bridgehead atoms. The molecule has 0 amide bonds. The number of aromatic nitrogens is 3. The van der Waals surface area contributed by atoms with Crippen molar-refractivity contribution < 1.29 is 0 Å². The van der Waals surface area contributed by atoms with Crippen LogP contribution in [0.3, 0.4) is 0 Å². The Balaban J connectivity index is 2.52. The van der Waals surface area contributed by atoms with Gasteiger partial charge in [0.05, 0.1) is 6.20 Å². The SMILES string of the molecule is CC(C)(C)Sc1nc(NN)cn2ccnc12. The number of rotatable bonds is 2. The van der Waals surface area contributed by atoms with E-state index < -0.39 is 0 Å². The highest BCUT2D eigenvalue weighted by molar-refractivity contribution is 8.00. The lowest BCUT2D eigenvalue weighted by atomic mass is 10.3. The van der Waals surface area contributed by atoms with Crippen molar-refractivity contribution in [2.45, 2.75) is 30.5 Å². The van der Waals surface area contributed by atoms with Crippen LogP contribution in [-0.4, -0.2) is 19.1 Å². The highest BCUT2D eigenvalue weighted by Gasteiger charge is 2.17. The summed E-state index contributed by atoms with van der Waals surface area (Å²) in [5, 5.41) is 0.882. The molecule has 5 nitrogen and oxygen atoms in total. The fourth-order valence-corrected chi connectivity index (χ4v) is 2.30. The van der Waals surface area contributed by atoms with Crippen LogP contribution in [0.4, 0.5) is 5.82 Å². The van der Waals surface area contributed by atoms with Gasteiger partial charge < -0.3 is 9.83 Å². The van der Waals surface area contributed by atoms with E-state index in [2.05, 4.69) is 36.2 Å². The molecule has 0 aliphatic carbocycles. The quantitative estimate of drug-likeness (QED) is 0.474. The van der Waals surface area contributed by atoms with Crippen molar-refractivity contribution in [3.05, 3.63) is 18.6 Å². The maximum atomic E-state index is 5.39. The highest BCUT2D eigenvalue weighted by atomic mass is 32.2. The summed E-state index contributed by atoms with van der Waals surface area (Å²) >= 11 is 1.67. The number of hydrogen-bond acceptors (Lipinski definition) is 5. The van der Waals surface area contributed by atoms with Crippen molar-refractivity contribution in [3.63, 3.8) is 0 Å². The number of thioether (sulfide) groups is 1. The first-order valence-corrected chi connectivity index (χ1v) is 5.80. The first kappa shape index (κ1) is 11.2. The Bertz CT molecular complexity index is 499. The average molecular weight is 237 g/mol. The third-order valence-electron chi connectivity index (χ3n) is 1.89. The van der Waals surface area contributed by atoms with Crippen LogP contribution >= 0.6 is 11.8 Å². The number of hydrogen-bond donors (Lipinski definition) is 2. The molecule has 0 atom stereocenters. The molecule has 2 rings (SSSR count). The van der Waals surface area contributed by atoms with Crippen LogP contribution in [0.25, 0.3) is 5.65 Å². The summed E-state index contributed by atoms with van der Waals surface area (Å²) in [6.07, 6.45) is 5.45. The molecule has 2 aromatic heterocycles. The third-order valence-corrected chi connectivity index (χ3v) is 2.97. The Morgan fingerprint density at radius 1 is 1.44 bits per heavy atom. The van der Waals surface area contributed by atoms with Crippen LogP contribution in [0, 0.1) is 0 Å². The van der Waals surface area contributed by atoms with Gasteiger partial charge in [0.1, 0.15) is 5.03 Å². The Morgan fingerprint density at radius 3 is 2.81 bits per heavy atom. The van der Waals surface area contributed by atoms with Crippen LogP contribution in [-0.2, 0) is 0 Å². The summed E-state index contributed by atoms with van der Waals surface area (Å²) in [5.41, 5.74) is 3.42. The van der Waals surface area contributed by atoms with Gasteiger partial charge in [0.15, 0.2) is 11.5 Å². The van der Waals surface area contributed by atoms with Gasteiger partial charge in [-0.3, -0.25) is 0 Å². The van der Waals surface area contributed by atoms with E-state index in [1.807, 2.05) is 16.8 Å². The van der Waals surface area contributed by atoms with Crippen LogP contribution in [0.1, 0.15) is 20.8 Å². The van der Waals surface area contributed by atoms with Gasteiger partial charge in [0, 0.05) is 17.1 Å². The lowest BCUT2D eigenvalue weighted by Gasteiger charge is -2.17. The fraction of sp³-hybridized carbons (Fsp3) is 0.400. The summed E-state index contributed by atoms with van der Waals surface area (Å²) in [4.78, 5) is 8.71. The number of nitrogens with one attached hydrogen (secondary N) is 1. The molecule has 0 aliphatic rings. The standard InChI is InChI=1S/C10H15N5S/c1-10(2,3)16-9-8-12-4-5-15(8)6-7(13-9)14-11/h4-6,14H,11H2,1-3H3. The van der Waals surface area contributed by atoms with Gasteiger partial charge in [0.2, 0.25) is 0 Å². The molecule has 0 spiro atoms. The van der Waals surface area contributed by atoms with Crippen molar-refractivity contribution in [3.8, 4) is 0 Å². The number of nitrogens with two attached hydrogens (primary N) is 1. The molecule has 16 heavy (non-hydrogen) atoms. The third kappa shape index (κ3) is 2.28. The van der Waals surface area contributed by atoms with Crippen molar-refractivity contribution >= 4 is 23.2 Å². The zero-order valence-corrected chi connectivity index (χ0v) is 10.4. The Labute approximate surface area is 98.4 Å². The van der Waals surface area contributed by atoms with Gasteiger partial charge in [0.25, 0.3) is 0 Å². The lowest BCUT2D eigenvalue weighted by molar-refractivity contribution is 0.799. The van der Waals surface area contributed by atoms with Gasteiger partial charge >= 0.3 is 0 Å². The predicted octanol–water partition coefficient (Wildman–Crippen LogP) is 1.91. The topological polar surface area (TPSA) is 68.2 Å². The number of nitrogen functional groups attached to an aromatic ring is 1. The van der Waals surface area contributed by atoms with Gasteiger partial charge in [-0.15, -0.1) is 0 Å². The van der Waals surface area contributed by atoms with Crippen LogP contribution < -0.4 is 11.3 Å². The minimum absolute atomic E-state index is 0.0899. The van der Waals surface area contributed by atoms with Crippen LogP contribution in [0.15, 0.2) is 23.6 Å². The van der Waals surface area contributed by atoms with Crippen LogP contribution in [0.2, 0.25) is 0 Å². The van der Waals surface area contributed by atoms with Gasteiger partial charge in [-0.1, -0.05) is 32.5 Å². The molecule has 0 fully saturated rings. The first-order valence-electron chi connectivity index (χ1n) is 4.99. The molecule has 6 heteroatoms. The fourth-order valence-electron chi connectivity index (χ4n) is 1.33. The van der Waals surface area contributed by atoms with E-state index in [1.54, 1.807) is 18.0 Å². The Hall–Kier alpha value is -1.27. The summed E-state index contributed by atoms with van der Waals surface area (Å²) < 4.78 is 2.00. The lowest BCUT2D eigenvalue weighted by Crippen LogP contribution is -2.12. The molecule has 3 N–H and O–H groups in total. The van der Waals surface area contributed by atoms with E-state index in [4.69, 9.17) is 5.84 Å². The Morgan fingerprint density at radius 2 is 2.19 bits per heavy atom. The second-order valence-electron chi connectivity index (χ2n) is 4.45. The Kier molecular flexibility index (Phi) is 2.77. The van der Waals surface area contributed by atoms with E-state index in [0.29, 0.717) is 5.82 Å². The van der Waals surface area contributed by atoms with Crippen molar-refractivity contribution in [2.75, 3.05) is 5.43 Å². The van der Waals surface area contributed by atoms with Crippen molar-refractivity contribution in [1.29, 1.82) is 0 Å². The molecule has 0 saturated carbocycles. The van der Waals surface area contributed by atoms with E-state index in [1.165, 1.54) is 0 Å². The molecule has 86 valence electrons. The number of hydrazine groups is 1. The first-order chi connectivity index (χ1) is 7.49. The normalized spacial score (nSPS) is 12.0. The smallest absolute Gasteiger partial charge is 0.169 e. The zero-order valence-electron chi connectivity index (χ0n) is 9.56. The zero-order chi connectivity index (χ0) is 11.8. The summed E-state index contributed by atoms with van der Waals surface area (Å²) in [6, 6.07) is 0. The van der Waals surface area contributed by atoms with Gasteiger partial charge in [-0.2, -0.15) is 0 Å². The average Bonchev–Trinajstić information content (AvgIpc) is 2.63. The predicted molar refractivity (Wildman–Crippen MR) is 66.4 cm³/mol. The summed E-state index contributed by atoms with van der Waals surface area (Å²) in [6.45, 7) is 6.42. The number of imidazole rings is 1. The highest BCUT2D eigenvalue weighted by Crippen LogP contribution is 2.33. The molecule has 2 heterocycles. The van der Waals surface area contributed by atoms with Crippen molar-refractivity contribution in [1.82, 2.24) is 14.4 Å². The summed E-state index contributed by atoms with van der Waals surface area (Å²) in [7, 11) is 0. The monoisotopic (exact) mass is 237 g/mol. The van der Waals surface area contributed by atoms with Gasteiger partial charge in [-0.25, -0.2) is 15.8 Å². The second kappa shape index (κ2) is 3.95. The van der Waals surface area contributed by atoms with E-state index in [0.717, 1.165) is 10.7 Å². The number of fused-ring (bicyclic) bond motifs is 1. The molecule has 0 saturated heterocycles. The molecular formula is C10H15N5S. The number of nitrogens with zero attached hydrogens (tertiary/aromatic N) is 3. The maximum Gasteiger partial charge on any atom is 0.169 e. The molecule has 0 radical (unpaired) electrons. The minimum atomic E-state index is 0.0899. The van der Waals surface area contributed by atoms with E-state index in [-0.39, 0.29) is 4.75 Å². The number of anilines is 1. The van der Waals surface area contributed by atoms with Crippen LogP contribution in [0.5, 0.6) is 0 Å². The minimum Gasteiger partial charge on any atom is -0.307 e. The van der Waals surface area contributed by atoms with E-state index in [9.17, 15) is 0 Å². The van der Waals surface area contributed by atoms with Gasteiger partial charge in [-0.05, 0) is 0 Å². The maximum absolute atomic E-state index is 5.39.